The highest BCUT2D eigenvalue weighted by Gasteiger charge is 2.20. The molecule has 0 amide bonds. The van der Waals surface area contributed by atoms with E-state index in [2.05, 4.69) is 17.1 Å². The fraction of sp³-hybridized carbons (Fsp3) is 0.625. The smallest absolute Gasteiger partial charge is 0.292 e. The summed E-state index contributed by atoms with van der Waals surface area (Å²) in [6, 6.07) is 5.32. The largest absolute Gasteiger partial charge is 0.392 e. The fourth-order valence-corrected chi connectivity index (χ4v) is 3.13. The van der Waals surface area contributed by atoms with Crippen molar-refractivity contribution in [1.29, 1.82) is 0 Å². The van der Waals surface area contributed by atoms with Crippen LogP contribution in [-0.2, 0) is 6.61 Å². The zero-order valence-electron chi connectivity index (χ0n) is 13.1. The molecule has 22 heavy (non-hydrogen) atoms. The third-order valence-electron chi connectivity index (χ3n) is 4.38. The Morgan fingerprint density at radius 3 is 2.95 bits per heavy atom. The number of nitro benzene ring substituents is 1. The standard InChI is InChI=1S/C16H25N3O3/c1-2-14-5-3-4-9-18(14)10-8-17-15-11-13(12-20)6-7-16(15)19(21)22/h6-7,11,14,17,20H,2-5,8-10,12H2,1H3. The van der Waals surface area contributed by atoms with Gasteiger partial charge in [-0.15, -0.1) is 0 Å². The predicted octanol–water partition coefficient (Wildman–Crippen LogP) is 2.76. The van der Waals surface area contributed by atoms with E-state index in [0.29, 0.717) is 23.8 Å². The predicted molar refractivity (Wildman–Crippen MR) is 87.0 cm³/mol. The van der Waals surface area contributed by atoms with Crippen molar-refractivity contribution in [1.82, 2.24) is 4.90 Å². The number of nitrogens with one attached hydrogen (secondary N) is 1. The Morgan fingerprint density at radius 1 is 1.45 bits per heavy atom. The summed E-state index contributed by atoms with van der Waals surface area (Å²) in [5.41, 5.74) is 1.22. The molecule has 1 aliphatic heterocycles. The molecule has 6 nitrogen and oxygen atoms in total. The summed E-state index contributed by atoms with van der Waals surface area (Å²) in [4.78, 5) is 13.2. The molecule has 0 radical (unpaired) electrons. The number of piperidine rings is 1. The summed E-state index contributed by atoms with van der Waals surface area (Å²) >= 11 is 0. The minimum absolute atomic E-state index is 0.0582. The fourth-order valence-electron chi connectivity index (χ4n) is 3.13. The van der Waals surface area contributed by atoms with Gasteiger partial charge in [-0.25, -0.2) is 0 Å². The molecule has 1 saturated heterocycles. The Bertz CT molecular complexity index is 507. The van der Waals surface area contributed by atoms with Crippen LogP contribution in [0, 0.1) is 10.1 Å². The summed E-state index contributed by atoms with van der Waals surface area (Å²) in [7, 11) is 0. The van der Waals surface area contributed by atoms with E-state index < -0.39 is 0 Å². The summed E-state index contributed by atoms with van der Waals surface area (Å²) in [5, 5.41) is 23.4. The van der Waals surface area contributed by atoms with Crippen LogP contribution in [0.4, 0.5) is 11.4 Å². The maximum atomic E-state index is 11.1. The molecular weight excluding hydrogens is 282 g/mol. The number of aliphatic hydroxyl groups is 1. The summed E-state index contributed by atoms with van der Waals surface area (Å²) in [5.74, 6) is 0. The Kier molecular flexibility index (Phi) is 6.15. The summed E-state index contributed by atoms with van der Waals surface area (Å²) in [6.07, 6.45) is 4.93. The van der Waals surface area contributed by atoms with Crippen molar-refractivity contribution in [3.05, 3.63) is 33.9 Å². The maximum absolute atomic E-state index is 11.1. The Morgan fingerprint density at radius 2 is 2.27 bits per heavy atom. The first kappa shape index (κ1) is 16.7. The van der Waals surface area contributed by atoms with Crippen molar-refractivity contribution >= 4 is 11.4 Å². The first-order valence-electron chi connectivity index (χ1n) is 8.01. The lowest BCUT2D eigenvalue weighted by Crippen LogP contribution is -2.41. The third-order valence-corrected chi connectivity index (χ3v) is 4.38. The normalized spacial score (nSPS) is 19.1. The number of benzene rings is 1. The van der Waals surface area contributed by atoms with Gasteiger partial charge in [-0.1, -0.05) is 13.3 Å². The monoisotopic (exact) mass is 307 g/mol. The molecule has 0 aromatic heterocycles. The average Bonchev–Trinajstić information content (AvgIpc) is 2.55. The van der Waals surface area contributed by atoms with Crippen LogP contribution in [0.3, 0.4) is 0 Å². The topological polar surface area (TPSA) is 78.6 Å². The van der Waals surface area contributed by atoms with Crippen LogP contribution in [0.25, 0.3) is 0 Å². The minimum atomic E-state index is -0.390. The van der Waals surface area contributed by atoms with Crippen LogP contribution in [0.1, 0.15) is 38.2 Å². The Hall–Kier alpha value is -1.66. The summed E-state index contributed by atoms with van der Waals surface area (Å²) < 4.78 is 0. The van der Waals surface area contributed by atoms with Gasteiger partial charge in [0.1, 0.15) is 5.69 Å². The second-order valence-electron chi connectivity index (χ2n) is 5.79. The Balaban J connectivity index is 1.96. The van der Waals surface area contributed by atoms with E-state index in [1.54, 1.807) is 12.1 Å². The SMILES string of the molecule is CCC1CCCCN1CCNc1cc(CO)ccc1[N+](=O)[O-]. The van der Waals surface area contributed by atoms with Crippen molar-refractivity contribution in [2.45, 2.75) is 45.3 Å². The molecule has 1 atom stereocenters. The highest BCUT2D eigenvalue weighted by molar-refractivity contribution is 5.62. The van der Waals surface area contributed by atoms with E-state index in [9.17, 15) is 15.2 Å². The van der Waals surface area contributed by atoms with Crippen LogP contribution in [-0.4, -0.2) is 40.6 Å². The zero-order chi connectivity index (χ0) is 15.9. The zero-order valence-corrected chi connectivity index (χ0v) is 13.1. The van der Waals surface area contributed by atoms with Crippen molar-refractivity contribution in [2.75, 3.05) is 25.0 Å². The van der Waals surface area contributed by atoms with Gasteiger partial charge in [-0.3, -0.25) is 15.0 Å². The molecule has 2 rings (SSSR count). The van der Waals surface area contributed by atoms with Crippen molar-refractivity contribution in [3.8, 4) is 0 Å². The van der Waals surface area contributed by atoms with E-state index >= 15 is 0 Å². The maximum Gasteiger partial charge on any atom is 0.292 e. The average molecular weight is 307 g/mol. The van der Waals surface area contributed by atoms with Gasteiger partial charge in [0.25, 0.3) is 5.69 Å². The van der Waals surface area contributed by atoms with E-state index in [1.807, 2.05) is 0 Å². The first-order chi connectivity index (χ1) is 10.7. The van der Waals surface area contributed by atoms with Gasteiger partial charge in [0, 0.05) is 25.2 Å². The lowest BCUT2D eigenvalue weighted by atomic mass is 10.0. The third kappa shape index (κ3) is 4.18. The lowest BCUT2D eigenvalue weighted by molar-refractivity contribution is -0.384. The molecule has 1 aromatic carbocycles. The number of hydrogen-bond donors (Lipinski definition) is 2. The highest BCUT2D eigenvalue weighted by Crippen LogP contribution is 2.25. The molecule has 6 heteroatoms. The highest BCUT2D eigenvalue weighted by atomic mass is 16.6. The van der Waals surface area contributed by atoms with Gasteiger partial charge >= 0.3 is 0 Å². The second-order valence-corrected chi connectivity index (χ2v) is 5.79. The number of nitrogens with zero attached hydrogens (tertiary/aromatic N) is 2. The van der Waals surface area contributed by atoms with Crippen LogP contribution < -0.4 is 5.32 Å². The van der Waals surface area contributed by atoms with Crippen LogP contribution in [0.15, 0.2) is 18.2 Å². The van der Waals surface area contributed by atoms with Gasteiger partial charge in [0.15, 0.2) is 0 Å². The lowest BCUT2D eigenvalue weighted by Gasteiger charge is -2.35. The Labute approximate surface area is 131 Å². The molecule has 0 saturated carbocycles. The second kappa shape index (κ2) is 8.10. The molecule has 1 aliphatic rings. The quantitative estimate of drug-likeness (QED) is 0.598. The minimum Gasteiger partial charge on any atom is -0.392 e. The number of aliphatic hydroxyl groups excluding tert-OH is 1. The first-order valence-corrected chi connectivity index (χ1v) is 8.01. The molecule has 1 unspecified atom stereocenters. The molecule has 0 aliphatic carbocycles. The van der Waals surface area contributed by atoms with Crippen molar-refractivity contribution in [2.24, 2.45) is 0 Å². The molecule has 1 heterocycles. The number of hydrogen-bond acceptors (Lipinski definition) is 5. The van der Waals surface area contributed by atoms with Gasteiger partial charge in [-0.05, 0) is 43.5 Å². The van der Waals surface area contributed by atoms with Gasteiger partial charge in [0.05, 0.1) is 11.5 Å². The molecule has 122 valence electrons. The number of likely N-dealkylation sites (tertiary alicyclic amines) is 1. The van der Waals surface area contributed by atoms with E-state index in [1.165, 1.54) is 25.3 Å². The summed E-state index contributed by atoms with van der Waals surface area (Å²) in [6.45, 7) is 4.77. The molecule has 2 N–H and O–H groups in total. The van der Waals surface area contributed by atoms with E-state index in [4.69, 9.17) is 0 Å². The van der Waals surface area contributed by atoms with E-state index in [0.717, 1.165) is 19.5 Å². The number of anilines is 1. The molecular formula is C16H25N3O3. The van der Waals surface area contributed by atoms with Crippen molar-refractivity contribution in [3.63, 3.8) is 0 Å². The molecule has 1 fully saturated rings. The molecule has 0 bridgehead atoms. The van der Waals surface area contributed by atoms with Crippen LogP contribution >= 0.6 is 0 Å². The van der Waals surface area contributed by atoms with Crippen LogP contribution in [0.5, 0.6) is 0 Å². The van der Waals surface area contributed by atoms with Crippen LogP contribution in [0.2, 0.25) is 0 Å². The number of nitro groups is 1. The molecule has 0 spiro atoms. The van der Waals surface area contributed by atoms with E-state index in [-0.39, 0.29) is 17.2 Å². The van der Waals surface area contributed by atoms with Gasteiger partial charge in [-0.2, -0.15) is 0 Å². The molecule has 1 aromatic rings. The van der Waals surface area contributed by atoms with Crippen molar-refractivity contribution < 1.29 is 10.0 Å². The van der Waals surface area contributed by atoms with Gasteiger partial charge in [0.2, 0.25) is 0 Å². The van der Waals surface area contributed by atoms with Gasteiger partial charge < -0.3 is 10.4 Å². The number of rotatable bonds is 7.